The molecule has 0 aromatic carbocycles. The molecule has 2 rings (SSSR count). The summed E-state index contributed by atoms with van der Waals surface area (Å²) in [5.74, 6) is 1.90. The number of nitrogens with zero attached hydrogens (tertiary/aromatic N) is 4. The molecule has 16 heavy (non-hydrogen) atoms. The molecule has 6 nitrogen and oxygen atoms in total. The summed E-state index contributed by atoms with van der Waals surface area (Å²) in [7, 11) is 0. The van der Waals surface area contributed by atoms with E-state index in [1.165, 1.54) is 0 Å². The van der Waals surface area contributed by atoms with Gasteiger partial charge >= 0.3 is 0 Å². The maximum Gasteiger partial charge on any atom is 0.230 e. The summed E-state index contributed by atoms with van der Waals surface area (Å²) in [6, 6.07) is 2.01. The highest BCUT2D eigenvalue weighted by molar-refractivity contribution is 7.99. The molecule has 2 aromatic rings. The summed E-state index contributed by atoms with van der Waals surface area (Å²) in [5, 5.41) is 18.3. The van der Waals surface area contributed by atoms with Crippen molar-refractivity contribution in [1.29, 1.82) is 0 Å². The number of aromatic amines is 1. The normalized spacial score (nSPS) is 10.8. The second-order valence-corrected chi connectivity index (χ2v) is 4.35. The van der Waals surface area contributed by atoms with E-state index in [4.69, 9.17) is 4.52 Å². The molecule has 0 aliphatic heterocycles. The Morgan fingerprint density at radius 2 is 2.44 bits per heavy atom. The lowest BCUT2D eigenvalue weighted by molar-refractivity contribution is 0.377. The highest BCUT2D eigenvalue weighted by Gasteiger charge is 2.03. The Bertz CT molecular complexity index is 413. The Kier molecular flexibility index (Phi) is 3.92. The maximum absolute atomic E-state index is 5.18. The lowest BCUT2D eigenvalue weighted by Gasteiger charge is -1.94. The number of rotatable bonds is 6. The van der Waals surface area contributed by atoms with Crippen molar-refractivity contribution in [2.24, 2.45) is 0 Å². The van der Waals surface area contributed by atoms with Crippen molar-refractivity contribution in [3.63, 3.8) is 0 Å². The molecule has 0 unspecified atom stereocenters. The summed E-state index contributed by atoms with van der Waals surface area (Å²) in [5.41, 5.74) is 1.01. The largest absolute Gasteiger partial charge is 0.361 e. The quantitative estimate of drug-likeness (QED) is 0.607. The number of aromatic nitrogens is 5. The first-order chi connectivity index (χ1) is 7.88. The number of nitrogens with one attached hydrogen (secondary N) is 1. The monoisotopic (exact) mass is 239 g/mol. The van der Waals surface area contributed by atoms with Crippen molar-refractivity contribution < 1.29 is 4.52 Å². The number of hydrogen-bond donors (Lipinski definition) is 1. The molecule has 0 spiro atoms. The zero-order valence-electron chi connectivity index (χ0n) is 9.01. The van der Waals surface area contributed by atoms with E-state index in [-0.39, 0.29) is 0 Å². The average molecular weight is 239 g/mol. The Morgan fingerprint density at radius 1 is 1.50 bits per heavy atom. The zero-order valence-corrected chi connectivity index (χ0v) is 9.83. The Morgan fingerprint density at radius 3 is 3.12 bits per heavy atom. The van der Waals surface area contributed by atoms with Gasteiger partial charge in [0.15, 0.2) is 0 Å². The van der Waals surface area contributed by atoms with Gasteiger partial charge in [0, 0.05) is 18.2 Å². The fourth-order valence-electron chi connectivity index (χ4n) is 1.26. The minimum Gasteiger partial charge on any atom is -0.361 e. The number of aryl methyl sites for hydroxylation is 2. The number of H-pyrrole nitrogens is 1. The van der Waals surface area contributed by atoms with E-state index < -0.39 is 0 Å². The highest BCUT2D eigenvalue weighted by atomic mass is 32.2. The van der Waals surface area contributed by atoms with Crippen molar-refractivity contribution in [2.75, 3.05) is 5.75 Å². The van der Waals surface area contributed by atoms with Gasteiger partial charge in [-0.3, -0.25) is 0 Å². The van der Waals surface area contributed by atoms with Gasteiger partial charge in [-0.25, -0.2) is 0 Å². The molecule has 1 N–H and O–H groups in total. The van der Waals surface area contributed by atoms with Crippen molar-refractivity contribution in [2.45, 2.75) is 31.3 Å². The number of hydrogen-bond acceptors (Lipinski definition) is 6. The summed E-state index contributed by atoms with van der Waals surface area (Å²) in [4.78, 5) is 0. The SMILES string of the molecule is CCc1cc(CCCSc2nn[nH]n2)on1. The fourth-order valence-corrected chi connectivity index (χ4v) is 1.94. The van der Waals surface area contributed by atoms with Crippen molar-refractivity contribution in [1.82, 2.24) is 25.8 Å². The molecular formula is C9H13N5OS. The number of tetrazole rings is 1. The first-order valence-electron chi connectivity index (χ1n) is 5.19. The minimum atomic E-state index is 0.687. The van der Waals surface area contributed by atoms with Crippen molar-refractivity contribution >= 4 is 11.8 Å². The number of thioether (sulfide) groups is 1. The highest BCUT2D eigenvalue weighted by Crippen LogP contribution is 2.14. The second kappa shape index (κ2) is 5.64. The van der Waals surface area contributed by atoms with Gasteiger partial charge in [-0.05, 0) is 18.1 Å². The van der Waals surface area contributed by atoms with Crippen LogP contribution in [0.1, 0.15) is 24.8 Å². The fraction of sp³-hybridized carbons (Fsp3) is 0.556. The standard InChI is InChI=1S/C9H13N5OS/c1-2-7-6-8(15-12-7)4-3-5-16-9-10-13-14-11-9/h6H,2-5H2,1H3,(H,10,11,13,14). The van der Waals surface area contributed by atoms with Crippen molar-refractivity contribution in [3.8, 4) is 0 Å². The second-order valence-electron chi connectivity index (χ2n) is 3.28. The third kappa shape index (κ3) is 3.06. The van der Waals surface area contributed by atoms with Gasteiger partial charge in [0.25, 0.3) is 0 Å². The Balaban J connectivity index is 1.68. The lowest BCUT2D eigenvalue weighted by atomic mass is 10.2. The zero-order chi connectivity index (χ0) is 11.2. The van der Waals surface area contributed by atoms with E-state index in [9.17, 15) is 0 Å². The van der Waals surface area contributed by atoms with Gasteiger partial charge in [0.05, 0.1) is 5.69 Å². The van der Waals surface area contributed by atoms with E-state index in [0.717, 1.165) is 36.5 Å². The molecule has 0 bridgehead atoms. The van der Waals surface area contributed by atoms with Crippen molar-refractivity contribution in [3.05, 3.63) is 17.5 Å². The van der Waals surface area contributed by atoms with Crippen LogP contribution in [-0.4, -0.2) is 31.5 Å². The molecular weight excluding hydrogens is 226 g/mol. The van der Waals surface area contributed by atoms with E-state index in [1.807, 2.05) is 6.07 Å². The molecule has 0 aliphatic rings. The van der Waals surface area contributed by atoms with Crippen LogP contribution >= 0.6 is 11.8 Å². The molecule has 0 aliphatic carbocycles. The van der Waals surface area contributed by atoms with Crippen LogP contribution in [0.2, 0.25) is 0 Å². The van der Waals surface area contributed by atoms with Crippen LogP contribution in [0, 0.1) is 0 Å². The van der Waals surface area contributed by atoms with Crippen LogP contribution < -0.4 is 0 Å². The van der Waals surface area contributed by atoms with Crippen LogP contribution in [0.5, 0.6) is 0 Å². The Hall–Kier alpha value is -1.37. The van der Waals surface area contributed by atoms with E-state index in [2.05, 4.69) is 32.7 Å². The predicted octanol–water partition coefficient (Wildman–Crippen LogP) is 1.47. The molecule has 0 saturated carbocycles. The third-order valence-electron chi connectivity index (χ3n) is 2.09. The summed E-state index contributed by atoms with van der Waals surface area (Å²) < 4.78 is 5.18. The van der Waals surface area contributed by atoms with Gasteiger partial charge in [0.1, 0.15) is 5.76 Å². The molecule has 0 radical (unpaired) electrons. The molecule has 0 saturated heterocycles. The topological polar surface area (TPSA) is 80.5 Å². The smallest absolute Gasteiger partial charge is 0.230 e. The third-order valence-corrected chi connectivity index (χ3v) is 3.02. The first-order valence-corrected chi connectivity index (χ1v) is 6.17. The molecule has 0 atom stereocenters. The first kappa shape index (κ1) is 11.1. The van der Waals surface area contributed by atoms with Gasteiger partial charge in [-0.15, -0.1) is 10.2 Å². The van der Waals surface area contributed by atoms with E-state index >= 15 is 0 Å². The van der Waals surface area contributed by atoms with E-state index in [1.54, 1.807) is 11.8 Å². The molecule has 2 heterocycles. The van der Waals surface area contributed by atoms with Gasteiger partial charge < -0.3 is 4.52 Å². The van der Waals surface area contributed by atoms with Crippen LogP contribution in [0.4, 0.5) is 0 Å². The molecule has 2 aromatic heterocycles. The average Bonchev–Trinajstić information content (AvgIpc) is 2.95. The predicted molar refractivity (Wildman–Crippen MR) is 59.1 cm³/mol. The van der Waals surface area contributed by atoms with Gasteiger partial charge in [-0.1, -0.05) is 23.8 Å². The summed E-state index contributed by atoms with van der Waals surface area (Å²) in [6.45, 7) is 2.06. The molecule has 0 amide bonds. The van der Waals surface area contributed by atoms with Crippen LogP contribution in [0.25, 0.3) is 0 Å². The van der Waals surface area contributed by atoms with Gasteiger partial charge in [-0.2, -0.15) is 5.21 Å². The van der Waals surface area contributed by atoms with Crippen LogP contribution in [0.3, 0.4) is 0 Å². The minimum absolute atomic E-state index is 0.687. The molecule has 7 heteroatoms. The summed E-state index contributed by atoms with van der Waals surface area (Å²) >= 11 is 1.58. The molecule has 0 fully saturated rings. The van der Waals surface area contributed by atoms with Gasteiger partial charge in [0.2, 0.25) is 5.16 Å². The van der Waals surface area contributed by atoms with Crippen LogP contribution in [0.15, 0.2) is 15.7 Å². The summed E-state index contributed by atoms with van der Waals surface area (Å²) in [6.07, 6.45) is 2.83. The van der Waals surface area contributed by atoms with Crippen LogP contribution in [-0.2, 0) is 12.8 Å². The van der Waals surface area contributed by atoms with E-state index in [0.29, 0.717) is 5.16 Å². The maximum atomic E-state index is 5.18. The molecule has 86 valence electrons. The Labute approximate surface area is 97.2 Å². The lowest BCUT2D eigenvalue weighted by Crippen LogP contribution is -1.86.